The van der Waals surface area contributed by atoms with Gasteiger partial charge in [0.2, 0.25) is 0 Å². The number of carboxylic acids is 1. The van der Waals surface area contributed by atoms with Gasteiger partial charge in [-0.15, -0.1) is 0 Å². The summed E-state index contributed by atoms with van der Waals surface area (Å²) < 4.78 is 18.0. The van der Waals surface area contributed by atoms with E-state index in [0.29, 0.717) is 0 Å². The molecule has 0 radical (unpaired) electrons. The molecule has 1 aromatic carbocycles. The maximum absolute atomic E-state index is 13.0. The first-order valence-electron chi connectivity index (χ1n) is 5.53. The molecule has 1 atom stereocenters. The van der Waals surface area contributed by atoms with Crippen LogP contribution in [-0.4, -0.2) is 35.7 Å². The zero-order chi connectivity index (χ0) is 14.0. The largest absolute Gasteiger partial charge is 0.479 e. The number of nitrogens with one attached hydrogen (secondary N) is 1. The summed E-state index contributed by atoms with van der Waals surface area (Å²) in [7, 11) is 0. The second kappa shape index (κ2) is 5.14. The van der Waals surface area contributed by atoms with Crippen LogP contribution >= 0.6 is 11.6 Å². The fourth-order valence-corrected chi connectivity index (χ4v) is 1.99. The molecule has 2 rings (SSSR count). The molecule has 1 saturated heterocycles. The van der Waals surface area contributed by atoms with Crippen molar-refractivity contribution >= 4 is 23.5 Å². The Labute approximate surface area is 113 Å². The fraction of sp³-hybridized carbons (Fsp3) is 0.333. The third-order valence-corrected chi connectivity index (χ3v) is 3.26. The molecule has 7 heteroatoms. The Morgan fingerprint density at radius 3 is 2.74 bits per heavy atom. The average Bonchev–Trinajstić information content (AvgIpc) is 2.82. The first-order chi connectivity index (χ1) is 8.94. The molecule has 0 aromatic heterocycles. The number of benzene rings is 1. The minimum absolute atomic E-state index is 0.0942. The molecule has 19 heavy (non-hydrogen) atoms. The fourth-order valence-electron chi connectivity index (χ4n) is 1.81. The van der Waals surface area contributed by atoms with Crippen LogP contribution in [0.1, 0.15) is 16.8 Å². The van der Waals surface area contributed by atoms with Crippen molar-refractivity contribution in [1.82, 2.24) is 5.32 Å². The standard InChI is InChI=1S/C12H11ClFNO4/c13-8-5-7(1-2-9(8)14)10(16)15-12(11(17)18)3-4-19-6-12/h1-2,5H,3-4,6H2,(H,15,16)(H,17,18). The highest BCUT2D eigenvalue weighted by molar-refractivity contribution is 6.31. The van der Waals surface area contributed by atoms with Gasteiger partial charge in [0.1, 0.15) is 5.82 Å². The monoisotopic (exact) mass is 287 g/mol. The van der Waals surface area contributed by atoms with Crippen LogP contribution in [0.25, 0.3) is 0 Å². The second-order valence-corrected chi connectivity index (χ2v) is 4.68. The average molecular weight is 288 g/mol. The van der Waals surface area contributed by atoms with Gasteiger partial charge >= 0.3 is 5.97 Å². The summed E-state index contributed by atoms with van der Waals surface area (Å²) in [6.45, 7) is 0.166. The third-order valence-electron chi connectivity index (χ3n) is 2.97. The van der Waals surface area contributed by atoms with E-state index in [2.05, 4.69) is 5.32 Å². The van der Waals surface area contributed by atoms with Gasteiger partial charge in [0.15, 0.2) is 5.54 Å². The highest BCUT2D eigenvalue weighted by Gasteiger charge is 2.44. The van der Waals surface area contributed by atoms with E-state index in [1.807, 2.05) is 0 Å². The van der Waals surface area contributed by atoms with Gasteiger partial charge in [-0.1, -0.05) is 11.6 Å². The maximum atomic E-state index is 13.0. The van der Waals surface area contributed by atoms with E-state index in [1.165, 1.54) is 6.07 Å². The zero-order valence-electron chi connectivity index (χ0n) is 9.78. The normalized spacial score (nSPS) is 22.2. The smallest absolute Gasteiger partial charge is 0.331 e. The lowest BCUT2D eigenvalue weighted by Crippen LogP contribution is -2.55. The van der Waals surface area contributed by atoms with Crippen LogP contribution in [0.2, 0.25) is 5.02 Å². The number of halogens is 2. The Morgan fingerprint density at radius 2 is 2.21 bits per heavy atom. The number of hydrogen-bond acceptors (Lipinski definition) is 3. The summed E-state index contributed by atoms with van der Waals surface area (Å²) in [6.07, 6.45) is 0.184. The zero-order valence-corrected chi connectivity index (χ0v) is 10.5. The summed E-state index contributed by atoms with van der Waals surface area (Å²) in [6, 6.07) is 3.44. The third kappa shape index (κ3) is 2.69. The Morgan fingerprint density at radius 1 is 1.47 bits per heavy atom. The lowest BCUT2D eigenvalue weighted by Gasteiger charge is -2.23. The van der Waals surface area contributed by atoms with E-state index in [4.69, 9.17) is 16.3 Å². The molecular weight excluding hydrogens is 277 g/mol. The molecule has 1 aliphatic heterocycles. The van der Waals surface area contributed by atoms with Crippen molar-refractivity contribution in [3.63, 3.8) is 0 Å². The molecule has 1 heterocycles. The highest BCUT2D eigenvalue weighted by Crippen LogP contribution is 2.21. The van der Waals surface area contributed by atoms with Crippen LogP contribution in [0.5, 0.6) is 0 Å². The van der Waals surface area contributed by atoms with Crippen molar-refractivity contribution in [2.75, 3.05) is 13.2 Å². The number of carbonyl (C=O) groups is 2. The predicted octanol–water partition coefficient (Wildman–Crippen LogP) is 1.45. The minimum atomic E-state index is -1.43. The Balaban J connectivity index is 2.20. The van der Waals surface area contributed by atoms with Crippen molar-refractivity contribution in [3.05, 3.63) is 34.6 Å². The number of amides is 1. The van der Waals surface area contributed by atoms with Gasteiger partial charge in [-0.05, 0) is 18.2 Å². The number of ether oxygens (including phenoxy) is 1. The van der Waals surface area contributed by atoms with Crippen LogP contribution in [0.15, 0.2) is 18.2 Å². The van der Waals surface area contributed by atoms with Crippen LogP contribution in [0.4, 0.5) is 4.39 Å². The van der Waals surface area contributed by atoms with Crippen molar-refractivity contribution < 1.29 is 23.8 Å². The summed E-state index contributed by atoms with van der Waals surface area (Å²) in [5, 5.41) is 11.4. The number of aliphatic carboxylic acids is 1. The highest BCUT2D eigenvalue weighted by atomic mass is 35.5. The Bertz CT molecular complexity index is 528. The van der Waals surface area contributed by atoms with Gasteiger partial charge in [0.25, 0.3) is 5.91 Å². The Hall–Kier alpha value is -1.66. The van der Waals surface area contributed by atoms with Gasteiger partial charge in [-0.25, -0.2) is 9.18 Å². The van der Waals surface area contributed by atoms with Gasteiger partial charge in [-0.3, -0.25) is 4.79 Å². The van der Waals surface area contributed by atoms with Gasteiger partial charge in [0, 0.05) is 18.6 Å². The molecule has 2 N–H and O–H groups in total. The first kappa shape index (κ1) is 13.8. The van der Waals surface area contributed by atoms with E-state index < -0.39 is 23.2 Å². The summed E-state index contributed by atoms with van der Waals surface area (Å²) >= 11 is 5.58. The summed E-state index contributed by atoms with van der Waals surface area (Å²) in [4.78, 5) is 23.2. The molecule has 1 aromatic rings. The number of hydrogen-bond donors (Lipinski definition) is 2. The number of rotatable bonds is 3. The summed E-state index contributed by atoms with van der Waals surface area (Å²) in [5.41, 5.74) is -1.34. The van der Waals surface area contributed by atoms with Crippen molar-refractivity contribution in [2.24, 2.45) is 0 Å². The van der Waals surface area contributed by atoms with Gasteiger partial charge in [-0.2, -0.15) is 0 Å². The second-order valence-electron chi connectivity index (χ2n) is 4.27. The SMILES string of the molecule is O=C(NC1(C(=O)O)CCOC1)c1ccc(F)c(Cl)c1. The maximum Gasteiger partial charge on any atom is 0.331 e. The van der Waals surface area contributed by atoms with E-state index in [1.54, 1.807) is 0 Å². The molecule has 0 bridgehead atoms. The van der Waals surface area contributed by atoms with Gasteiger partial charge in [0.05, 0.1) is 11.6 Å². The molecule has 102 valence electrons. The van der Waals surface area contributed by atoms with Crippen LogP contribution in [-0.2, 0) is 9.53 Å². The van der Waals surface area contributed by atoms with E-state index in [-0.39, 0.29) is 30.2 Å². The van der Waals surface area contributed by atoms with Crippen LogP contribution in [0, 0.1) is 5.82 Å². The van der Waals surface area contributed by atoms with Gasteiger partial charge < -0.3 is 15.2 Å². The minimum Gasteiger partial charge on any atom is -0.479 e. The number of carbonyl (C=O) groups excluding carboxylic acids is 1. The van der Waals surface area contributed by atoms with E-state index in [9.17, 15) is 19.1 Å². The quantitative estimate of drug-likeness (QED) is 0.882. The van der Waals surface area contributed by atoms with Crippen LogP contribution < -0.4 is 5.32 Å². The predicted molar refractivity (Wildman–Crippen MR) is 64.7 cm³/mol. The first-order valence-corrected chi connectivity index (χ1v) is 5.91. The van der Waals surface area contributed by atoms with E-state index in [0.717, 1.165) is 12.1 Å². The Kier molecular flexibility index (Phi) is 3.73. The molecule has 1 fully saturated rings. The molecule has 5 nitrogen and oxygen atoms in total. The molecule has 0 aliphatic carbocycles. The van der Waals surface area contributed by atoms with E-state index >= 15 is 0 Å². The molecule has 0 spiro atoms. The van der Waals surface area contributed by atoms with Crippen molar-refractivity contribution in [2.45, 2.75) is 12.0 Å². The topological polar surface area (TPSA) is 75.6 Å². The van der Waals surface area contributed by atoms with Crippen LogP contribution in [0.3, 0.4) is 0 Å². The lowest BCUT2D eigenvalue weighted by molar-refractivity contribution is -0.144. The molecular formula is C12H11ClFNO4. The molecule has 1 unspecified atom stereocenters. The summed E-state index contributed by atoms with van der Waals surface area (Å²) in [5.74, 6) is -2.43. The lowest BCUT2D eigenvalue weighted by atomic mass is 9.98. The number of carboxylic acid groups (broad SMARTS) is 1. The van der Waals surface area contributed by atoms with Crippen molar-refractivity contribution in [1.29, 1.82) is 0 Å². The van der Waals surface area contributed by atoms with Crippen molar-refractivity contribution in [3.8, 4) is 0 Å². The molecule has 0 saturated carbocycles. The molecule has 1 amide bonds. The molecule has 1 aliphatic rings.